The van der Waals surface area contributed by atoms with Crippen LogP contribution in [-0.2, 0) is 6.54 Å². The van der Waals surface area contributed by atoms with E-state index in [2.05, 4.69) is 48.4 Å². The van der Waals surface area contributed by atoms with Crippen LogP contribution in [-0.4, -0.2) is 36.6 Å². The molecule has 0 bridgehead atoms. The molecule has 0 radical (unpaired) electrons. The van der Waals surface area contributed by atoms with Gasteiger partial charge in [-0.1, -0.05) is 13.8 Å². The molecule has 0 unspecified atom stereocenters. The second-order valence-electron chi connectivity index (χ2n) is 4.45. The van der Waals surface area contributed by atoms with Crippen LogP contribution >= 0.6 is 11.8 Å². The first kappa shape index (κ1) is 14.3. The van der Waals surface area contributed by atoms with E-state index in [1.807, 2.05) is 24.2 Å². The zero-order valence-electron chi connectivity index (χ0n) is 11.2. The van der Waals surface area contributed by atoms with Gasteiger partial charge in [-0.15, -0.1) is 0 Å². The van der Waals surface area contributed by atoms with Crippen LogP contribution in [0.25, 0.3) is 0 Å². The smallest absolute Gasteiger partial charge is 0.0596 e. The Morgan fingerprint density at radius 1 is 1.47 bits per heavy atom. The fraction of sp³-hybridized carbons (Fsp3) is 0.615. The molecule has 1 aromatic heterocycles. The molecule has 1 rings (SSSR count). The summed E-state index contributed by atoms with van der Waals surface area (Å²) in [5.74, 6) is 1.14. The van der Waals surface area contributed by atoms with Crippen molar-refractivity contribution in [1.82, 2.24) is 10.3 Å². The van der Waals surface area contributed by atoms with Crippen LogP contribution in [0.1, 0.15) is 19.4 Å². The number of anilines is 1. The van der Waals surface area contributed by atoms with E-state index in [0.717, 1.165) is 18.8 Å². The average molecular weight is 253 g/mol. The van der Waals surface area contributed by atoms with Crippen molar-refractivity contribution in [2.75, 3.05) is 30.5 Å². The van der Waals surface area contributed by atoms with Gasteiger partial charge in [-0.2, -0.15) is 11.8 Å². The van der Waals surface area contributed by atoms with Crippen molar-refractivity contribution in [2.24, 2.45) is 0 Å². The van der Waals surface area contributed by atoms with Crippen molar-refractivity contribution >= 4 is 17.4 Å². The Morgan fingerprint density at radius 3 is 2.88 bits per heavy atom. The number of aromatic nitrogens is 1. The zero-order chi connectivity index (χ0) is 12.7. The SMILES string of the molecule is CSCCN(C)c1cnccc1CNC(C)C. The molecule has 0 aromatic carbocycles. The van der Waals surface area contributed by atoms with Gasteiger partial charge >= 0.3 is 0 Å². The fourth-order valence-electron chi connectivity index (χ4n) is 1.57. The van der Waals surface area contributed by atoms with E-state index in [4.69, 9.17) is 0 Å². The van der Waals surface area contributed by atoms with Crippen molar-refractivity contribution in [3.63, 3.8) is 0 Å². The Hall–Kier alpha value is -0.740. The lowest BCUT2D eigenvalue weighted by Gasteiger charge is -2.22. The molecule has 0 fully saturated rings. The van der Waals surface area contributed by atoms with Gasteiger partial charge in [-0.25, -0.2) is 0 Å². The van der Waals surface area contributed by atoms with Crippen LogP contribution in [0.15, 0.2) is 18.5 Å². The lowest BCUT2D eigenvalue weighted by atomic mass is 10.2. The van der Waals surface area contributed by atoms with Crippen molar-refractivity contribution in [1.29, 1.82) is 0 Å². The summed E-state index contributed by atoms with van der Waals surface area (Å²) in [6, 6.07) is 2.60. The maximum Gasteiger partial charge on any atom is 0.0596 e. The first-order chi connectivity index (χ1) is 8.15. The lowest BCUT2D eigenvalue weighted by Crippen LogP contribution is -2.26. The quantitative estimate of drug-likeness (QED) is 0.807. The molecule has 4 heteroatoms. The normalized spacial score (nSPS) is 10.9. The summed E-state index contributed by atoms with van der Waals surface area (Å²) in [5.41, 5.74) is 2.55. The van der Waals surface area contributed by atoms with Crippen LogP contribution in [0.4, 0.5) is 5.69 Å². The lowest BCUT2D eigenvalue weighted by molar-refractivity contribution is 0.588. The summed E-state index contributed by atoms with van der Waals surface area (Å²) >= 11 is 1.87. The van der Waals surface area contributed by atoms with Gasteiger partial charge in [-0.05, 0) is 17.9 Å². The van der Waals surface area contributed by atoms with E-state index < -0.39 is 0 Å². The molecule has 0 atom stereocenters. The standard InChI is InChI=1S/C13H23N3S/c1-11(2)15-9-12-5-6-14-10-13(12)16(3)7-8-17-4/h5-6,10-11,15H,7-9H2,1-4H3. The minimum atomic E-state index is 0.507. The van der Waals surface area contributed by atoms with E-state index >= 15 is 0 Å². The molecular formula is C13H23N3S. The molecule has 0 aliphatic carbocycles. The number of nitrogens with one attached hydrogen (secondary N) is 1. The molecule has 0 saturated carbocycles. The van der Waals surface area contributed by atoms with Gasteiger partial charge in [0.2, 0.25) is 0 Å². The molecule has 0 spiro atoms. The molecular weight excluding hydrogens is 230 g/mol. The Labute approximate surface area is 109 Å². The maximum absolute atomic E-state index is 4.23. The van der Waals surface area contributed by atoms with Gasteiger partial charge < -0.3 is 10.2 Å². The monoisotopic (exact) mass is 253 g/mol. The third-order valence-corrected chi connectivity index (χ3v) is 3.22. The summed E-state index contributed by atoms with van der Waals surface area (Å²) in [7, 11) is 2.13. The average Bonchev–Trinajstić information content (AvgIpc) is 2.33. The number of hydrogen-bond acceptors (Lipinski definition) is 4. The largest absolute Gasteiger partial charge is 0.372 e. The van der Waals surface area contributed by atoms with Gasteiger partial charge in [0.15, 0.2) is 0 Å². The Bertz CT molecular complexity index is 328. The van der Waals surface area contributed by atoms with Gasteiger partial charge in [0.25, 0.3) is 0 Å². The third kappa shape index (κ3) is 4.96. The molecule has 1 N–H and O–H groups in total. The number of rotatable bonds is 7. The minimum Gasteiger partial charge on any atom is -0.372 e. The van der Waals surface area contributed by atoms with E-state index in [1.54, 1.807) is 0 Å². The highest BCUT2D eigenvalue weighted by Gasteiger charge is 2.07. The van der Waals surface area contributed by atoms with Gasteiger partial charge in [0.1, 0.15) is 0 Å². The summed E-state index contributed by atoms with van der Waals surface area (Å²) in [4.78, 5) is 6.50. The number of thioether (sulfide) groups is 1. The number of hydrogen-bond donors (Lipinski definition) is 1. The van der Waals surface area contributed by atoms with E-state index in [1.165, 1.54) is 11.3 Å². The highest BCUT2D eigenvalue weighted by Crippen LogP contribution is 2.18. The molecule has 1 aromatic rings. The molecule has 0 amide bonds. The summed E-state index contributed by atoms with van der Waals surface area (Å²) in [6.45, 7) is 6.29. The summed E-state index contributed by atoms with van der Waals surface area (Å²) < 4.78 is 0. The van der Waals surface area contributed by atoms with Crippen molar-refractivity contribution < 1.29 is 0 Å². The molecule has 96 valence electrons. The minimum absolute atomic E-state index is 0.507. The van der Waals surface area contributed by atoms with Gasteiger partial charge in [0.05, 0.1) is 11.9 Å². The van der Waals surface area contributed by atoms with Crippen LogP contribution in [0.2, 0.25) is 0 Å². The second kappa shape index (κ2) is 7.56. The molecule has 0 saturated heterocycles. The Balaban J connectivity index is 2.69. The number of pyridine rings is 1. The fourth-order valence-corrected chi connectivity index (χ4v) is 2.03. The maximum atomic E-state index is 4.23. The predicted molar refractivity (Wildman–Crippen MR) is 77.9 cm³/mol. The van der Waals surface area contributed by atoms with Gasteiger partial charge in [0, 0.05) is 38.1 Å². The van der Waals surface area contributed by atoms with E-state index in [0.29, 0.717) is 6.04 Å². The molecule has 0 aliphatic rings. The van der Waals surface area contributed by atoms with Gasteiger partial charge in [-0.3, -0.25) is 4.98 Å². The molecule has 1 heterocycles. The zero-order valence-corrected chi connectivity index (χ0v) is 12.0. The number of nitrogens with zero attached hydrogens (tertiary/aromatic N) is 2. The third-order valence-electron chi connectivity index (χ3n) is 2.63. The molecule has 0 aliphatic heterocycles. The Kier molecular flexibility index (Phi) is 6.37. The molecule has 3 nitrogen and oxygen atoms in total. The first-order valence-electron chi connectivity index (χ1n) is 6.01. The Morgan fingerprint density at radius 2 is 2.24 bits per heavy atom. The molecule has 17 heavy (non-hydrogen) atoms. The van der Waals surface area contributed by atoms with Crippen molar-refractivity contribution in [3.05, 3.63) is 24.0 Å². The topological polar surface area (TPSA) is 28.2 Å². The van der Waals surface area contributed by atoms with Crippen LogP contribution in [0, 0.1) is 0 Å². The predicted octanol–water partition coefficient (Wildman–Crippen LogP) is 2.38. The second-order valence-corrected chi connectivity index (χ2v) is 5.44. The van der Waals surface area contributed by atoms with Crippen LogP contribution in [0.5, 0.6) is 0 Å². The summed E-state index contributed by atoms with van der Waals surface area (Å²) in [5, 5.41) is 3.45. The van der Waals surface area contributed by atoms with E-state index in [9.17, 15) is 0 Å². The highest BCUT2D eigenvalue weighted by molar-refractivity contribution is 7.98. The highest BCUT2D eigenvalue weighted by atomic mass is 32.2. The van der Waals surface area contributed by atoms with Crippen molar-refractivity contribution in [3.8, 4) is 0 Å². The van der Waals surface area contributed by atoms with E-state index in [-0.39, 0.29) is 0 Å². The first-order valence-corrected chi connectivity index (χ1v) is 7.41. The van der Waals surface area contributed by atoms with Crippen LogP contribution in [0.3, 0.4) is 0 Å². The van der Waals surface area contributed by atoms with Crippen molar-refractivity contribution in [2.45, 2.75) is 26.4 Å². The van der Waals surface area contributed by atoms with Crippen LogP contribution < -0.4 is 10.2 Å². The summed E-state index contributed by atoms with van der Waals surface area (Å²) in [6.07, 6.45) is 5.96.